The van der Waals surface area contributed by atoms with Crippen molar-refractivity contribution >= 4 is 11.7 Å². The van der Waals surface area contributed by atoms with Crippen molar-refractivity contribution < 1.29 is 18.0 Å². The van der Waals surface area contributed by atoms with Crippen molar-refractivity contribution in [1.82, 2.24) is 14.8 Å². The van der Waals surface area contributed by atoms with Gasteiger partial charge in [-0.3, -0.25) is 4.79 Å². The molecule has 136 valence electrons. The van der Waals surface area contributed by atoms with Crippen molar-refractivity contribution in [2.45, 2.75) is 18.4 Å². The molecule has 1 N–H and O–H groups in total. The first kappa shape index (κ1) is 15.9. The van der Waals surface area contributed by atoms with E-state index in [1.165, 1.54) is 23.1 Å². The number of allylic oxidation sites excluding steroid dienone is 2. The van der Waals surface area contributed by atoms with Crippen LogP contribution in [0.5, 0.6) is 0 Å². The highest BCUT2D eigenvalue weighted by atomic mass is 19.1. The van der Waals surface area contributed by atoms with Crippen LogP contribution < -0.4 is 5.32 Å². The maximum absolute atomic E-state index is 13.8. The Morgan fingerprint density at radius 2 is 2.04 bits per heavy atom. The average molecular weight is 368 g/mol. The van der Waals surface area contributed by atoms with E-state index in [1.54, 1.807) is 12.3 Å². The van der Waals surface area contributed by atoms with Crippen LogP contribution in [0.15, 0.2) is 59.1 Å². The summed E-state index contributed by atoms with van der Waals surface area (Å²) in [6, 6.07) is 6.18. The highest BCUT2D eigenvalue weighted by molar-refractivity contribution is 5.88. The van der Waals surface area contributed by atoms with Gasteiger partial charge in [-0.2, -0.15) is 10.1 Å². The molecule has 3 aromatic rings. The molecule has 0 unspecified atom stereocenters. The molecule has 3 atom stereocenters. The minimum atomic E-state index is -0.701. The van der Waals surface area contributed by atoms with Crippen molar-refractivity contribution in [3.8, 4) is 0 Å². The van der Waals surface area contributed by atoms with Crippen molar-refractivity contribution in [3.05, 3.63) is 77.7 Å². The molecule has 8 heteroatoms. The van der Waals surface area contributed by atoms with Crippen molar-refractivity contribution in [2.24, 2.45) is 5.92 Å². The lowest BCUT2D eigenvalue weighted by molar-refractivity contribution is -0.123. The van der Waals surface area contributed by atoms with Crippen LogP contribution in [0, 0.1) is 17.6 Å². The first-order valence-corrected chi connectivity index (χ1v) is 8.50. The molecule has 6 nitrogen and oxygen atoms in total. The molecule has 0 saturated heterocycles. The van der Waals surface area contributed by atoms with Crippen LogP contribution in [-0.4, -0.2) is 20.5 Å². The molecule has 0 spiro atoms. The maximum Gasteiger partial charge on any atom is 0.226 e. The summed E-state index contributed by atoms with van der Waals surface area (Å²) in [6.07, 6.45) is 5.07. The van der Waals surface area contributed by atoms with E-state index in [4.69, 9.17) is 4.42 Å². The van der Waals surface area contributed by atoms with E-state index in [0.717, 1.165) is 6.07 Å². The van der Waals surface area contributed by atoms with Gasteiger partial charge in [0.2, 0.25) is 5.95 Å². The van der Waals surface area contributed by atoms with Gasteiger partial charge >= 0.3 is 0 Å². The second-order valence-electron chi connectivity index (χ2n) is 6.69. The molecule has 0 radical (unpaired) electrons. The normalized spacial score (nSPS) is 24.0. The van der Waals surface area contributed by atoms with E-state index in [0.29, 0.717) is 23.0 Å². The van der Waals surface area contributed by atoms with Gasteiger partial charge in [-0.05, 0) is 29.8 Å². The Morgan fingerprint density at radius 3 is 2.78 bits per heavy atom. The molecule has 3 heterocycles. The first-order chi connectivity index (χ1) is 13.1. The quantitative estimate of drug-likeness (QED) is 0.750. The third-order valence-electron chi connectivity index (χ3n) is 5.03. The molecule has 0 amide bonds. The number of aromatic nitrogens is 3. The number of carbonyl (C=O) groups excluding carboxylic acids is 1. The van der Waals surface area contributed by atoms with Crippen LogP contribution in [0.4, 0.5) is 14.7 Å². The number of anilines is 1. The van der Waals surface area contributed by atoms with Crippen molar-refractivity contribution in [3.63, 3.8) is 0 Å². The highest BCUT2D eigenvalue weighted by Gasteiger charge is 2.43. The molecule has 2 aromatic heterocycles. The van der Waals surface area contributed by atoms with E-state index in [1.807, 2.05) is 12.1 Å². The number of ketones is 1. The van der Waals surface area contributed by atoms with Gasteiger partial charge < -0.3 is 9.73 Å². The first-order valence-electron chi connectivity index (χ1n) is 8.50. The molecule has 5 rings (SSSR count). The Kier molecular flexibility index (Phi) is 3.46. The van der Waals surface area contributed by atoms with Crippen molar-refractivity contribution in [2.75, 3.05) is 5.32 Å². The van der Waals surface area contributed by atoms with E-state index in [9.17, 15) is 13.6 Å². The molecule has 2 aliphatic rings. The zero-order valence-electron chi connectivity index (χ0n) is 14.0. The highest BCUT2D eigenvalue weighted by Crippen LogP contribution is 2.44. The SMILES string of the molecule is O=C1C[C@H](c2ccco2)C=C2Nc3ncnn3[C@@H](c3cc(F)cc(F)c3)[C@H]12. The molecular formula is C19H14F2N4O2. The van der Waals surface area contributed by atoms with Gasteiger partial charge in [0.1, 0.15) is 29.5 Å². The average Bonchev–Trinajstić information content (AvgIpc) is 3.30. The number of carbonyl (C=O) groups is 1. The lowest BCUT2D eigenvalue weighted by atomic mass is 9.77. The number of furan rings is 1. The number of nitrogens with one attached hydrogen (secondary N) is 1. The van der Waals surface area contributed by atoms with E-state index in [-0.39, 0.29) is 18.1 Å². The summed E-state index contributed by atoms with van der Waals surface area (Å²) >= 11 is 0. The Balaban J connectivity index is 1.65. The summed E-state index contributed by atoms with van der Waals surface area (Å²) in [5.74, 6) is -1.19. The van der Waals surface area contributed by atoms with E-state index < -0.39 is 23.6 Å². The number of halogens is 2. The van der Waals surface area contributed by atoms with Gasteiger partial charge in [-0.25, -0.2) is 13.5 Å². The Hall–Kier alpha value is -3.29. The fourth-order valence-corrected chi connectivity index (χ4v) is 3.94. The van der Waals surface area contributed by atoms with Gasteiger partial charge in [0.25, 0.3) is 0 Å². The lowest BCUT2D eigenvalue weighted by Crippen LogP contribution is -2.40. The van der Waals surface area contributed by atoms with Crippen LogP contribution in [0.1, 0.15) is 29.7 Å². The molecule has 0 fully saturated rings. The van der Waals surface area contributed by atoms with Gasteiger partial charge in [0, 0.05) is 24.1 Å². The molecule has 0 bridgehead atoms. The van der Waals surface area contributed by atoms with Gasteiger partial charge in [-0.15, -0.1) is 0 Å². The second-order valence-corrected chi connectivity index (χ2v) is 6.69. The third-order valence-corrected chi connectivity index (χ3v) is 5.03. The maximum atomic E-state index is 13.8. The van der Waals surface area contributed by atoms with Crippen molar-refractivity contribution in [1.29, 1.82) is 0 Å². The predicted octanol–water partition coefficient (Wildman–Crippen LogP) is 3.42. The van der Waals surface area contributed by atoms with Crippen LogP contribution >= 0.6 is 0 Å². The fraction of sp³-hybridized carbons (Fsp3) is 0.211. The van der Waals surface area contributed by atoms with Gasteiger partial charge in [-0.1, -0.05) is 6.08 Å². The zero-order chi connectivity index (χ0) is 18.5. The number of Topliss-reactive ketones (excluding diaryl/α,β-unsaturated/α-hetero) is 1. The molecule has 1 aliphatic heterocycles. The molecule has 27 heavy (non-hydrogen) atoms. The summed E-state index contributed by atoms with van der Waals surface area (Å²) in [6.45, 7) is 0. The summed E-state index contributed by atoms with van der Waals surface area (Å²) < 4.78 is 34.6. The Morgan fingerprint density at radius 1 is 1.22 bits per heavy atom. The van der Waals surface area contributed by atoms with E-state index >= 15 is 0 Å². The number of hydrogen-bond donors (Lipinski definition) is 1. The van der Waals surface area contributed by atoms with Crippen LogP contribution in [-0.2, 0) is 4.79 Å². The van der Waals surface area contributed by atoms with Crippen LogP contribution in [0.2, 0.25) is 0 Å². The summed E-state index contributed by atoms with van der Waals surface area (Å²) in [7, 11) is 0. The van der Waals surface area contributed by atoms with Crippen LogP contribution in [0.3, 0.4) is 0 Å². The fourth-order valence-electron chi connectivity index (χ4n) is 3.94. The Bertz CT molecular complexity index is 1040. The summed E-state index contributed by atoms with van der Waals surface area (Å²) in [5, 5.41) is 7.30. The van der Waals surface area contributed by atoms with Gasteiger partial charge in [0.05, 0.1) is 18.2 Å². The van der Waals surface area contributed by atoms with E-state index in [2.05, 4.69) is 15.4 Å². The molecule has 0 saturated carbocycles. The second kappa shape index (κ2) is 5.87. The third kappa shape index (κ3) is 2.56. The molecule has 1 aliphatic carbocycles. The lowest BCUT2D eigenvalue weighted by Gasteiger charge is -2.37. The minimum absolute atomic E-state index is 0.0581. The Labute approximate surface area is 152 Å². The minimum Gasteiger partial charge on any atom is -0.469 e. The standard InChI is InChI=1S/C19H14F2N4O2/c20-12-4-11(5-13(21)8-12)18-17-14(24-19-22-9-23-25(18)19)6-10(7-15(17)26)16-2-1-3-27-16/h1-6,8-10,17-18H,7H2,(H,22,23,24)/t10-,17+,18+/m1/s1. The number of nitrogens with zero attached hydrogens (tertiary/aromatic N) is 3. The topological polar surface area (TPSA) is 73.0 Å². The number of hydrogen-bond acceptors (Lipinski definition) is 5. The zero-order valence-corrected chi connectivity index (χ0v) is 14.0. The number of rotatable bonds is 2. The molecule has 1 aromatic carbocycles. The number of benzene rings is 1. The summed E-state index contributed by atoms with van der Waals surface area (Å²) in [5.41, 5.74) is 0.976. The monoisotopic (exact) mass is 368 g/mol. The van der Waals surface area contributed by atoms with Gasteiger partial charge in [0.15, 0.2) is 0 Å². The predicted molar refractivity (Wildman–Crippen MR) is 90.8 cm³/mol. The molecular weight excluding hydrogens is 354 g/mol. The smallest absolute Gasteiger partial charge is 0.226 e. The largest absolute Gasteiger partial charge is 0.469 e. The number of fused-ring (bicyclic) bond motifs is 2. The summed E-state index contributed by atoms with van der Waals surface area (Å²) in [4.78, 5) is 17.2. The van der Waals surface area contributed by atoms with Crippen LogP contribution in [0.25, 0.3) is 0 Å².